The van der Waals surface area contributed by atoms with Gasteiger partial charge in [-0.2, -0.15) is 0 Å². The van der Waals surface area contributed by atoms with E-state index in [9.17, 15) is 29.6 Å². The van der Waals surface area contributed by atoms with Crippen molar-refractivity contribution >= 4 is 31.9 Å². The molecule has 12 heteroatoms. The van der Waals surface area contributed by atoms with Crippen molar-refractivity contribution in [3.8, 4) is 11.5 Å². The quantitative estimate of drug-likeness (QED) is 0.0213. The Morgan fingerprint density at radius 1 is 1.10 bits per heavy atom. The second-order valence-electron chi connectivity index (χ2n) is 17.2. The molecule has 0 saturated carbocycles. The van der Waals surface area contributed by atoms with Crippen molar-refractivity contribution in [3.05, 3.63) is 110 Å². The van der Waals surface area contributed by atoms with Crippen LogP contribution < -0.4 is 4.74 Å². The smallest absolute Gasteiger partial charge is 0.363 e. The van der Waals surface area contributed by atoms with E-state index in [2.05, 4.69) is 47.3 Å². The second kappa shape index (κ2) is 19.3. The van der Waals surface area contributed by atoms with Crippen LogP contribution in [-0.2, 0) is 25.2 Å². The molecule has 1 N–H and O–H groups in total. The Bertz CT molecular complexity index is 2060. The van der Waals surface area contributed by atoms with Crippen LogP contribution in [0.4, 0.5) is 5.69 Å². The number of fused-ring (bicyclic) bond motifs is 1. The number of phenols is 1. The lowest BCUT2D eigenvalue weighted by Crippen LogP contribution is -2.72. The summed E-state index contributed by atoms with van der Waals surface area (Å²) < 4.78 is 18.8. The number of unbranched alkanes of at least 4 members (excludes halogenated alkanes) is 2. The van der Waals surface area contributed by atoms with E-state index in [-0.39, 0.29) is 53.0 Å². The molecule has 1 aliphatic carbocycles. The fourth-order valence-electron chi connectivity index (χ4n) is 9.56. The molecule has 5 rings (SSSR count). The molecule has 1 amide bonds. The second-order valence-corrected chi connectivity index (χ2v) is 21.9. The predicted octanol–water partition coefficient (Wildman–Crippen LogP) is 10.9. The van der Waals surface area contributed by atoms with Crippen LogP contribution in [0, 0.1) is 27.4 Å². The maximum atomic E-state index is 14.4. The fourth-order valence-corrected chi connectivity index (χ4v) is 12.6. The molecule has 2 aromatic carbocycles. The third-order valence-corrected chi connectivity index (χ3v) is 18.3. The van der Waals surface area contributed by atoms with Crippen LogP contribution in [-0.4, -0.2) is 59.8 Å². The Kier molecular flexibility index (Phi) is 14.9. The van der Waals surface area contributed by atoms with Gasteiger partial charge in [0.1, 0.15) is 23.8 Å². The molecule has 1 saturated heterocycles. The normalized spacial score (nSPS) is 23.2. The first-order valence-corrected chi connectivity index (χ1v) is 24.3. The van der Waals surface area contributed by atoms with Crippen molar-refractivity contribution in [3.63, 3.8) is 0 Å². The number of carbonyl (C=O) groups excluding carboxylic acids is 3. The zero-order chi connectivity index (χ0) is 44.1. The molecule has 0 spiro atoms. The van der Waals surface area contributed by atoms with Crippen molar-refractivity contribution < 1.29 is 38.3 Å². The number of nitro groups is 1. The van der Waals surface area contributed by atoms with Crippen LogP contribution in [0.3, 0.4) is 0 Å². The van der Waals surface area contributed by atoms with Gasteiger partial charge in [-0.3, -0.25) is 14.9 Å². The molecular formula is C48H64N2O9Si. The maximum absolute atomic E-state index is 14.4. The van der Waals surface area contributed by atoms with E-state index in [0.29, 0.717) is 11.3 Å². The number of non-ortho nitro benzene ring substituents is 1. The van der Waals surface area contributed by atoms with E-state index >= 15 is 0 Å². The van der Waals surface area contributed by atoms with Gasteiger partial charge in [0.2, 0.25) is 5.91 Å². The van der Waals surface area contributed by atoms with Gasteiger partial charge in [-0.05, 0) is 119 Å². The summed E-state index contributed by atoms with van der Waals surface area (Å²) >= 11 is 0. The van der Waals surface area contributed by atoms with E-state index in [1.54, 1.807) is 12.2 Å². The van der Waals surface area contributed by atoms with Gasteiger partial charge in [-0.15, -0.1) is 0 Å². The molecule has 11 nitrogen and oxygen atoms in total. The summed E-state index contributed by atoms with van der Waals surface area (Å²) in [5, 5.41) is 22.8. The number of rotatable bonds is 19. The Balaban J connectivity index is 1.50. The van der Waals surface area contributed by atoms with Crippen molar-refractivity contribution in [1.29, 1.82) is 0 Å². The molecule has 60 heavy (non-hydrogen) atoms. The lowest BCUT2D eigenvalue weighted by Gasteiger charge is -2.56. The third kappa shape index (κ3) is 9.10. The van der Waals surface area contributed by atoms with Gasteiger partial charge in [0.15, 0.2) is 8.32 Å². The first-order valence-electron chi connectivity index (χ1n) is 21.7. The number of allylic oxidation sites excluding steroid dienone is 4. The number of amides is 1. The Hall–Kier alpha value is -4.81. The number of benzene rings is 2. The summed E-state index contributed by atoms with van der Waals surface area (Å²) in [7, 11) is -2.12. The summed E-state index contributed by atoms with van der Waals surface area (Å²) in [6.45, 7) is 22.9. The highest BCUT2D eigenvalue weighted by Crippen LogP contribution is 2.56. The molecule has 324 valence electrons. The zero-order valence-electron chi connectivity index (χ0n) is 37.0. The molecule has 3 aliphatic rings. The number of carbonyl (C=O) groups is 3. The van der Waals surface area contributed by atoms with Crippen LogP contribution >= 0.6 is 0 Å². The van der Waals surface area contributed by atoms with Gasteiger partial charge < -0.3 is 23.9 Å². The first kappa shape index (κ1) is 46.3. The minimum atomic E-state index is -2.12. The number of aromatic hydroxyl groups is 1. The molecule has 2 heterocycles. The summed E-state index contributed by atoms with van der Waals surface area (Å²) in [4.78, 5) is 53.7. The molecule has 6 atom stereocenters. The summed E-state index contributed by atoms with van der Waals surface area (Å²) in [6.07, 6.45) is 11.2. The van der Waals surface area contributed by atoms with Crippen molar-refractivity contribution in [1.82, 2.24) is 4.90 Å². The number of hydrogen-bond donors (Lipinski definition) is 1. The van der Waals surface area contributed by atoms with Gasteiger partial charge >= 0.3 is 11.9 Å². The number of phenolic OH excluding ortho intramolecular Hbond substituents is 1. The maximum Gasteiger partial charge on any atom is 0.363 e. The van der Waals surface area contributed by atoms with E-state index in [4.69, 9.17) is 13.9 Å². The van der Waals surface area contributed by atoms with Crippen LogP contribution in [0.5, 0.6) is 11.5 Å². The number of hydrogen-bond acceptors (Lipinski definition) is 9. The van der Waals surface area contributed by atoms with E-state index in [1.165, 1.54) is 22.6 Å². The molecule has 1 fully saturated rings. The predicted molar refractivity (Wildman–Crippen MR) is 236 cm³/mol. The molecule has 0 radical (unpaired) electrons. The highest BCUT2D eigenvalue weighted by molar-refractivity contribution is 6.73. The number of aryl methyl sites for hydroxylation is 1. The summed E-state index contributed by atoms with van der Waals surface area (Å²) in [5.74, 6) is -1.81. The van der Waals surface area contributed by atoms with E-state index in [0.717, 1.165) is 85.5 Å². The number of β-lactam (4-membered cyclic amide) rings is 1. The molecular weight excluding hydrogens is 777 g/mol. The molecule has 0 bridgehead atoms. The fraction of sp³-hybridized carbons (Fsp3) is 0.521. The van der Waals surface area contributed by atoms with Gasteiger partial charge in [0, 0.05) is 29.5 Å². The van der Waals surface area contributed by atoms with Crippen molar-refractivity contribution in [2.75, 3.05) is 6.61 Å². The Morgan fingerprint density at radius 3 is 2.37 bits per heavy atom. The topological polar surface area (TPSA) is 146 Å². The third-order valence-electron chi connectivity index (χ3n) is 13.5. The SMILES string of the molecule is C=C(C)[C@@H]1CCC(C)=C[C@H]1c1c(O)cc(CCCCC)cc1OC/C=C/C1=C(C(=O)OC(=O)c2ccc([N+](=O)[O-])cc2)N2C(=O)[C@](C)([C@@H](C)O[Si](CC)(CC)CC)[C@H]2[C@H]1C. The van der Waals surface area contributed by atoms with Crippen molar-refractivity contribution in [2.45, 2.75) is 137 Å². The minimum absolute atomic E-state index is 0.0259. The largest absolute Gasteiger partial charge is 0.507 e. The van der Waals surface area contributed by atoms with Crippen LogP contribution in [0.2, 0.25) is 18.1 Å². The van der Waals surface area contributed by atoms with Gasteiger partial charge in [-0.1, -0.05) is 77.3 Å². The Morgan fingerprint density at radius 2 is 1.77 bits per heavy atom. The van der Waals surface area contributed by atoms with Gasteiger partial charge in [-0.25, -0.2) is 9.59 Å². The van der Waals surface area contributed by atoms with Gasteiger partial charge in [0.05, 0.1) is 28.0 Å². The average Bonchev–Trinajstić information content (AvgIpc) is 3.50. The van der Waals surface area contributed by atoms with Crippen molar-refractivity contribution in [2.24, 2.45) is 17.3 Å². The molecule has 0 aromatic heterocycles. The lowest BCUT2D eigenvalue weighted by molar-refractivity contribution is -0.384. The number of esters is 2. The number of ether oxygens (including phenoxy) is 2. The minimum Gasteiger partial charge on any atom is -0.507 e. The van der Waals surface area contributed by atoms with E-state index < -0.39 is 42.7 Å². The van der Waals surface area contributed by atoms with Crippen LogP contribution in [0.15, 0.2) is 83.6 Å². The van der Waals surface area contributed by atoms with Gasteiger partial charge in [0.25, 0.3) is 5.69 Å². The highest BCUT2D eigenvalue weighted by Gasteiger charge is 2.68. The van der Waals surface area contributed by atoms with Crippen LogP contribution in [0.1, 0.15) is 122 Å². The number of nitro benzene ring substituents is 1. The molecule has 2 aromatic rings. The monoisotopic (exact) mass is 840 g/mol. The highest BCUT2D eigenvalue weighted by atomic mass is 28.4. The standard InChI is InChI=1S/C48H64N2O9Si/c1-11-15-16-18-34-28-40(51)42(39-27-31(7)20-25-37(39)30(5)6)41(29-34)57-26-17-19-38-32(8)44-48(10,33(9)59-60(12-2,13-3)14-4)47(54)49(44)43(38)46(53)58-45(52)35-21-23-36(24-22-35)50(55)56/h17,19,21-24,27-29,32-33,37,39,44,51H,5,11-16,18,20,25-26H2,1-4,6-10H3/b19-17+/t32-,33+,37-,39+,44+,48+/m0/s1. The zero-order valence-corrected chi connectivity index (χ0v) is 38.0. The first-order chi connectivity index (χ1) is 28.5. The summed E-state index contributed by atoms with van der Waals surface area (Å²) in [5.41, 5.74) is 3.30. The number of nitrogens with zero attached hydrogens (tertiary/aromatic N) is 2. The lowest BCUT2D eigenvalue weighted by atomic mass is 9.65. The van der Waals surface area contributed by atoms with Crippen LogP contribution in [0.25, 0.3) is 0 Å². The molecule has 0 unspecified atom stereocenters. The Labute approximate surface area is 356 Å². The summed E-state index contributed by atoms with van der Waals surface area (Å²) in [6, 6.07) is 11.0. The average molecular weight is 841 g/mol. The molecule has 2 aliphatic heterocycles. The van der Waals surface area contributed by atoms with E-state index in [1.807, 2.05) is 39.8 Å².